The summed E-state index contributed by atoms with van der Waals surface area (Å²) in [5.41, 5.74) is 9.29. The van der Waals surface area contributed by atoms with E-state index in [2.05, 4.69) is 10.2 Å². The second-order valence-electron chi connectivity index (χ2n) is 9.41. The number of amides is 1. The molecular weight excluding hydrogens is 524 g/mol. The number of esters is 1. The Morgan fingerprint density at radius 3 is 2.56 bits per heavy atom. The largest absolute Gasteiger partial charge is 0.493 e. The minimum Gasteiger partial charge on any atom is -0.493 e. The number of carbonyl (C=O) groups excluding carboxylic acids is 2. The Labute approximate surface area is 240 Å². The summed E-state index contributed by atoms with van der Waals surface area (Å²) in [7, 11) is 3.17. The third-order valence-electron chi connectivity index (χ3n) is 6.61. The Hall–Kier alpha value is -4.41. The van der Waals surface area contributed by atoms with E-state index in [1.165, 1.54) is 0 Å². The molecule has 10 nitrogen and oxygen atoms in total. The van der Waals surface area contributed by atoms with Crippen molar-refractivity contribution in [1.29, 1.82) is 0 Å². The summed E-state index contributed by atoms with van der Waals surface area (Å²) >= 11 is 0. The van der Waals surface area contributed by atoms with Gasteiger partial charge in [0.1, 0.15) is 6.61 Å². The highest BCUT2D eigenvalue weighted by Crippen LogP contribution is 2.31. The Bertz CT molecular complexity index is 1340. The molecule has 4 rings (SSSR count). The number of allylic oxidation sites excluding steroid dienone is 4. The zero-order chi connectivity index (χ0) is 29.0. The van der Waals surface area contributed by atoms with Crippen molar-refractivity contribution >= 4 is 29.0 Å². The number of methoxy groups -OCH3 is 2. The average Bonchev–Trinajstić information content (AvgIpc) is 2.98. The number of carbonyl (C=O) groups is 2. The second-order valence-corrected chi connectivity index (χ2v) is 9.41. The molecule has 2 aliphatic heterocycles. The molecule has 216 valence electrons. The monoisotopic (exact) mass is 560 g/mol. The Morgan fingerprint density at radius 2 is 1.83 bits per heavy atom. The summed E-state index contributed by atoms with van der Waals surface area (Å²) in [4.78, 5) is 32.2. The predicted molar refractivity (Wildman–Crippen MR) is 158 cm³/mol. The van der Waals surface area contributed by atoms with Crippen molar-refractivity contribution in [3.63, 3.8) is 0 Å². The van der Waals surface area contributed by atoms with Gasteiger partial charge in [0.05, 0.1) is 44.4 Å². The number of anilines is 1. The molecule has 1 fully saturated rings. The first-order valence-electron chi connectivity index (χ1n) is 13.5. The van der Waals surface area contributed by atoms with Gasteiger partial charge in [0.2, 0.25) is 0 Å². The molecule has 0 spiro atoms. The molecular formula is C31H36N4O6. The SMILES string of the molecule is COc1ccc(C2=C/C=C\CCC(/C=C(\N)C(=O)Nc3ccc(C(=O)OCCN4CCOCC4)cc3)=N\2)cc1OC. The van der Waals surface area contributed by atoms with Gasteiger partial charge in [0.25, 0.3) is 5.91 Å². The third kappa shape index (κ3) is 8.54. The number of nitrogens with two attached hydrogens (primary N) is 1. The second kappa shape index (κ2) is 14.8. The van der Waals surface area contributed by atoms with Crippen LogP contribution in [-0.4, -0.2) is 76.2 Å². The zero-order valence-corrected chi connectivity index (χ0v) is 23.4. The number of rotatable bonds is 10. The molecule has 1 saturated heterocycles. The molecule has 2 aliphatic rings. The molecule has 0 unspecified atom stereocenters. The first kappa shape index (κ1) is 29.6. The topological polar surface area (TPSA) is 125 Å². The van der Waals surface area contributed by atoms with Crippen LogP contribution < -0.4 is 20.5 Å². The van der Waals surface area contributed by atoms with Crippen LogP contribution in [-0.2, 0) is 14.3 Å². The highest BCUT2D eigenvalue weighted by Gasteiger charge is 2.14. The molecule has 3 N–H and O–H groups in total. The number of nitrogens with zero attached hydrogens (tertiary/aromatic N) is 2. The number of nitrogens with one attached hydrogen (secondary N) is 1. The van der Waals surface area contributed by atoms with Crippen molar-refractivity contribution < 1.29 is 28.5 Å². The van der Waals surface area contributed by atoms with Gasteiger partial charge in [-0.25, -0.2) is 4.79 Å². The fourth-order valence-corrected chi connectivity index (χ4v) is 4.31. The van der Waals surface area contributed by atoms with Crippen LogP contribution >= 0.6 is 0 Å². The fourth-order valence-electron chi connectivity index (χ4n) is 4.31. The summed E-state index contributed by atoms with van der Waals surface area (Å²) in [6, 6.07) is 12.1. The van der Waals surface area contributed by atoms with E-state index in [0.717, 1.165) is 25.1 Å². The lowest BCUT2D eigenvalue weighted by atomic mass is 10.1. The summed E-state index contributed by atoms with van der Waals surface area (Å²) < 4.78 is 21.5. The van der Waals surface area contributed by atoms with Gasteiger partial charge >= 0.3 is 5.97 Å². The van der Waals surface area contributed by atoms with Gasteiger partial charge < -0.3 is 30.0 Å². The van der Waals surface area contributed by atoms with Gasteiger partial charge in [-0.2, -0.15) is 0 Å². The number of morpholine rings is 1. The molecule has 1 amide bonds. The predicted octanol–water partition coefficient (Wildman–Crippen LogP) is 3.81. The molecule has 2 heterocycles. The highest BCUT2D eigenvalue weighted by molar-refractivity contribution is 6.09. The van der Waals surface area contributed by atoms with E-state index in [4.69, 9.17) is 29.7 Å². The minimum atomic E-state index is -0.470. The van der Waals surface area contributed by atoms with Gasteiger partial charge in [0.15, 0.2) is 11.5 Å². The van der Waals surface area contributed by atoms with E-state index in [1.807, 2.05) is 36.4 Å². The van der Waals surface area contributed by atoms with E-state index < -0.39 is 11.9 Å². The van der Waals surface area contributed by atoms with E-state index in [-0.39, 0.29) is 5.70 Å². The average molecular weight is 561 g/mol. The van der Waals surface area contributed by atoms with Crippen molar-refractivity contribution in [2.45, 2.75) is 12.8 Å². The van der Waals surface area contributed by atoms with E-state index >= 15 is 0 Å². The Kier molecular flexibility index (Phi) is 10.7. The number of aliphatic imine (C=N–C) groups is 1. The summed E-state index contributed by atoms with van der Waals surface area (Å²) in [5, 5.41) is 2.77. The van der Waals surface area contributed by atoms with Crippen molar-refractivity contribution in [3.05, 3.63) is 83.6 Å². The summed E-state index contributed by atoms with van der Waals surface area (Å²) in [6.07, 6.45) is 8.84. The van der Waals surface area contributed by atoms with Crippen LogP contribution in [0.25, 0.3) is 5.70 Å². The number of hydrogen-bond acceptors (Lipinski definition) is 9. The summed E-state index contributed by atoms with van der Waals surface area (Å²) in [6.45, 7) is 4.05. The maximum atomic E-state index is 12.8. The van der Waals surface area contributed by atoms with E-state index in [0.29, 0.717) is 66.9 Å². The maximum Gasteiger partial charge on any atom is 0.338 e. The molecule has 10 heteroatoms. The van der Waals surface area contributed by atoms with Crippen LogP contribution in [0, 0.1) is 0 Å². The molecule has 0 atom stereocenters. The van der Waals surface area contributed by atoms with Crippen LogP contribution in [0.3, 0.4) is 0 Å². The van der Waals surface area contributed by atoms with E-state index in [9.17, 15) is 9.59 Å². The fraction of sp³-hybridized carbons (Fsp3) is 0.323. The van der Waals surface area contributed by atoms with Crippen molar-refractivity contribution in [1.82, 2.24) is 4.90 Å². The first-order valence-corrected chi connectivity index (χ1v) is 13.5. The van der Waals surface area contributed by atoms with Crippen LogP contribution in [0.15, 0.2) is 77.5 Å². The molecule has 41 heavy (non-hydrogen) atoms. The molecule has 0 aliphatic carbocycles. The van der Waals surface area contributed by atoms with Crippen molar-refractivity contribution in [3.8, 4) is 11.5 Å². The number of ether oxygens (including phenoxy) is 4. The molecule has 2 aromatic rings. The highest BCUT2D eigenvalue weighted by atomic mass is 16.5. The maximum absolute atomic E-state index is 12.8. The number of hydrogen-bond donors (Lipinski definition) is 2. The lowest BCUT2D eigenvalue weighted by molar-refractivity contribution is -0.112. The quantitative estimate of drug-likeness (QED) is 0.332. The first-order chi connectivity index (χ1) is 20.0. The van der Waals surface area contributed by atoms with Gasteiger partial charge in [-0.05, 0) is 67.5 Å². The van der Waals surface area contributed by atoms with Crippen molar-refractivity contribution in [2.24, 2.45) is 10.7 Å². The van der Waals surface area contributed by atoms with Gasteiger partial charge in [-0.15, -0.1) is 0 Å². The van der Waals surface area contributed by atoms with Gasteiger partial charge in [0, 0.05) is 36.6 Å². The standard InChI is InChI=1S/C31H36N4O6/c1-38-28-13-10-23(20-29(28)39-2)27-7-5-3-4-6-25(33-27)21-26(32)30(36)34-24-11-8-22(9-12-24)31(37)41-19-16-35-14-17-40-18-15-35/h3,5,7-13,20-21H,4,6,14-19,32H2,1-2H3,(H,34,36)/b5-3-,26-21-,27-7-,33-25+. The van der Waals surface area contributed by atoms with Gasteiger partial charge in [-0.1, -0.05) is 12.2 Å². The lowest BCUT2D eigenvalue weighted by Crippen LogP contribution is -2.38. The molecule has 0 saturated carbocycles. The molecule has 2 aromatic carbocycles. The van der Waals surface area contributed by atoms with Crippen LogP contribution in [0.1, 0.15) is 28.8 Å². The smallest absolute Gasteiger partial charge is 0.338 e. The molecule has 0 radical (unpaired) electrons. The van der Waals surface area contributed by atoms with Crippen molar-refractivity contribution in [2.75, 3.05) is 59.0 Å². The molecule has 0 bridgehead atoms. The summed E-state index contributed by atoms with van der Waals surface area (Å²) in [5.74, 6) is 0.334. The van der Waals surface area contributed by atoms with Gasteiger partial charge in [-0.3, -0.25) is 14.7 Å². The van der Waals surface area contributed by atoms with Crippen LogP contribution in [0.4, 0.5) is 5.69 Å². The zero-order valence-electron chi connectivity index (χ0n) is 23.4. The third-order valence-corrected chi connectivity index (χ3v) is 6.61. The van der Waals surface area contributed by atoms with Crippen LogP contribution in [0.5, 0.6) is 11.5 Å². The number of benzene rings is 2. The minimum absolute atomic E-state index is 0.0200. The lowest BCUT2D eigenvalue weighted by Gasteiger charge is -2.26. The Morgan fingerprint density at radius 1 is 1.07 bits per heavy atom. The van der Waals surface area contributed by atoms with E-state index in [1.54, 1.807) is 44.6 Å². The van der Waals surface area contributed by atoms with Crippen LogP contribution in [0.2, 0.25) is 0 Å². The Balaban J connectivity index is 1.37. The molecule has 0 aromatic heterocycles. The normalized spacial score (nSPS) is 19.4.